The highest BCUT2D eigenvalue weighted by Crippen LogP contribution is 2.27. The van der Waals surface area contributed by atoms with Crippen molar-refractivity contribution in [3.05, 3.63) is 12.2 Å². The lowest BCUT2D eigenvalue weighted by Gasteiger charge is -2.26. The second kappa shape index (κ2) is 10.0. The molecule has 1 fully saturated rings. The molecule has 0 spiro atoms. The Kier molecular flexibility index (Phi) is 8.77. The Labute approximate surface area is 137 Å². The van der Waals surface area contributed by atoms with Crippen molar-refractivity contribution >= 4 is 5.91 Å². The van der Waals surface area contributed by atoms with Crippen LogP contribution in [0.3, 0.4) is 0 Å². The van der Waals surface area contributed by atoms with Gasteiger partial charge in [-0.05, 0) is 38.5 Å². The molecule has 1 atom stereocenters. The molecule has 0 radical (unpaired) electrons. The van der Waals surface area contributed by atoms with Gasteiger partial charge in [0, 0.05) is 13.0 Å². The molecule has 22 heavy (non-hydrogen) atoms. The Morgan fingerprint density at radius 2 is 1.77 bits per heavy atom. The molecule has 0 N–H and O–H groups in total. The van der Waals surface area contributed by atoms with E-state index >= 15 is 0 Å². The van der Waals surface area contributed by atoms with Crippen molar-refractivity contribution in [1.82, 2.24) is 5.06 Å². The molecule has 0 aliphatic heterocycles. The Morgan fingerprint density at radius 3 is 2.32 bits per heavy atom. The molecule has 1 rings (SSSR count). The highest BCUT2D eigenvalue weighted by atomic mass is 16.7. The first-order chi connectivity index (χ1) is 10.4. The highest BCUT2D eigenvalue weighted by molar-refractivity contribution is 5.78. The predicted octanol–water partition coefficient (Wildman–Crippen LogP) is 4.97. The van der Waals surface area contributed by atoms with Crippen LogP contribution in [0, 0.1) is 17.8 Å². The number of rotatable bonds is 8. The fourth-order valence-corrected chi connectivity index (χ4v) is 3.21. The zero-order chi connectivity index (χ0) is 16.5. The average Bonchev–Trinajstić information content (AvgIpc) is 2.46. The zero-order valence-electron chi connectivity index (χ0n) is 15.2. The van der Waals surface area contributed by atoms with Gasteiger partial charge in [0.05, 0.1) is 6.10 Å². The van der Waals surface area contributed by atoms with Gasteiger partial charge in [0.25, 0.3) is 0 Å². The van der Waals surface area contributed by atoms with Crippen LogP contribution in [0.25, 0.3) is 0 Å². The van der Waals surface area contributed by atoms with Crippen LogP contribution < -0.4 is 0 Å². The van der Waals surface area contributed by atoms with Crippen LogP contribution in [0.5, 0.6) is 0 Å². The standard InChI is InChI=1S/C19H35NO2/c1-15(2)18(19(21)20(5)22-16(3)4)14-10-9-13-17-11-7-6-8-12-17/h9-10,15-18H,6-8,11-14H2,1-5H3/t18-/m0/s1. The van der Waals surface area contributed by atoms with Gasteiger partial charge in [-0.3, -0.25) is 9.63 Å². The van der Waals surface area contributed by atoms with E-state index in [1.165, 1.54) is 43.6 Å². The van der Waals surface area contributed by atoms with Crippen molar-refractivity contribution in [3.63, 3.8) is 0 Å². The molecule has 1 aliphatic carbocycles. The van der Waals surface area contributed by atoms with Crippen molar-refractivity contribution in [1.29, 1.82) is 0 Å². The Bertz CT molecular complexity index is 343. The van der Waals surface area contributed by atoms with E-state index in [-0.39, 0.29) is 17.9 Å². The van der Waals surface area contributed by atoms with E-state index < -0.39 is 0 Å². The van der Waals surface area contributed by atoms with Gasteiger partial charge in [-0.25, -0.2) is 5.06 Å². The van der Waals surface area contributed by atoms with Crippen molar-refractivity contribution in [2.24, 2.45) is 17.8 Å². The Morgan fingerprint density at radius 1 is 1.14 bits per heavy atom. The highest BCUT2D eigenvalue weighted by Gasteiger charge is 2.25. The Balaban J connectivity index is 2.44. The molecule has 0 unspecified atom stereocenters. The van der Waals surface area contributed by atoms with Crippen LogP contribution in [0.4, 0.5) is 0 Å². The fourth-order valence-electron chi connectivity index (χ4n) is 3.21. The topological polar surface area (TPSA) is 29.5 Å². The van der Waals surface area contributed by atoms with E-state index in [4.69, 9.17) is 4.84 Å². The van der Waals surface area contributed by atoms with Crippen LogP contribution in [-0.2, 0) is 9.63 Å². The van der Waals surface area contributed by atoms with Gasteiger partial charge in [-0.2, -0.15) is 0 Å². The van der Waals surface area contributed by atoms with E-state index in [0.29, 0.717) is 5.92 Å². The lowest BCUT2D eigenvalue weighted by molar-refractivity contribution is -0.196. The van der Waals surface area contributed by atoms with Gasteiger partial charge < -0.3 is 0 Å². The summed E-state index contributed by atoms with van der Waals surface area (Å²) in [6, 6.07) is 0. The Hall–Kier alpha value is -0.830. The molecule has 0 heterocycles. The molecule has 0 saturated heterocycles. The summed E-state index contributed by atoms with van der Waals surface area (Å²) in [5.74, 6) is 1.28. The molecule has 0 aromatic heterocycles. The summed E-state index contributed by atoms with van der Waals surface area (Å²) in [4.78, 5) is 18.0. The first-order valence-corrected chi connectivity index (χ1v) is 9.01. The molecule has 1 amide bonds. The number of amides is 1. The quantitative estimate of drug-likeness (QED) is 0.468. The number of carbonyl (C=O) groups excluding carboxylic acids is 1. The minimum atomic E-state index is 0.00589. The summed E-state index contributed by atoms with van der Waals surface area (Å²) >= 11 is 0. The molecule has 3 heteroatoms. The van der Waals surface area contributed by atoms with Gasteiger partial charge >= 0.3 is 0 Å². The maximum Gasteiger partial charge on any atom is 0.249 e. The van der Waals surface area contributed by atoms with E-state index in [9.17, 15) is 4.79 Å². The second-order valence-corrected chi connectivity index (χ2v) is 7.29. The molecular formula is C19H35NO2. The first-order valence-electron chi connectivity index (χ1n) is 9.01. The number of hydroxylamine groups is 2. The van der Waals surface area contributed by atoms with E-state index in [1.807, 2.05) is 13.8 Å². The molecule has 0 aromatic carbocycles. The van der Waals surface area contributed by atoms with Crippen LogP contribution >= 0.6 is 0 Å². The lowest BCUT2D eigenvalue weighted by atomic mass is 9.86. The SMILES string of the molecule is CC(C)ON(C)C(=O)[C@@H](CC=CCC1CCCCC1)C(C)C. The largest absolute Gasteiger partial charge is 0.272 e. The number of allylic oxidation sites excluding steroid dienone is 2. The van der Waals surface area contributed by atoms with Gasteiger partial charge in [0.1, 0.15) is 0 Å². The second-order valence-electron chi connectivity index (χ2n) is 7.29. The van der Waals surface area contributed by atoms with Crippen LogP contribution in [0.1, 0.15) is 72.6 Å². The van der Waals surface area contributed by atoms with Crippen molar-refractivity contribution in [3.8, 4) is 0 Å². The van der Waals surface area contributed by atoms with Crippen molar-refractivity contribution in [2.45, 2.75) is 78.7 Å². The van der Waals surface area contributed by atoms with Gasteiger partial charge in [0.2, 0.25) is 5.91 Å². The monoisotopic (exact) mass is 309 g/mol. The van der Waals surface area contributed by atoms with E-state index in [1.54, 1.807) is 7.05 Å². The maximum absolute atomic E-state index is 12.5. The zero-order valence-corrected chi connectivity index (χ0v) is 15.2. The van der Waals surface area contributed by atoms with Crippen molar-refractivity contribution in [2.75, 3.05) is 7.05 Å². The van der Waals surface area contributed by atoms with Crippen LogP contribution in [-0.4, -0.2) is 24.1 Å². The molecular weight excluding hydrogens is 274 g/mol. The van der Waals surface area contributed by atoms with Gasteiger partial charge in [-0.1, -0.05) is 58.1 Å². The van der Waals surface area contributed by atoms with Gasteiger partial charge in [-0.15, -0.1) is 0 Å². The average molecular weight is 309 g/mol. The molecule has 0 bridgehead atoms. The first kappa shape index (κ1) is 19.2. The number of hydrogen-bond acceptors (Lipinski definition) is 2. The lowest BCUT2D eigenvalue weighted by Crippen LogP contribution is -2.36. The molecule has 0 aromatic rings. The van der Waals surface area contributed by atoms with Crippen LogP contribution in [0.15, 0.2) is 12.2 Å². The van der Waals surface area contributed by atoms with E-state index in [2.05, 4.69) is 26.0 Å². The summed E-state index contributed by atoms with van der Waals surface area (Å²) in [5.41, 5.74) is 0. The summed E-state index contributed by atoms with van der Waals surface area (Å²) < 4.78 is 0. The minimum absolute atomic E-state index is 0.00589. The smallest absolute Gasteiger partial charge is 0.249 e. The van der Waals surface area contributed by atoms with Crippen molar-refractivity contribution < 1.29 is 9.63 Å². The molecule has 3 nitrogen and oxygen atoms in total. The third-order valence-corrected chi connectivity index (χ3v) is 4.55. The molecule has 128 valence electrons. The third-order valence-electron chi connectivity index (χ3n) is 4.55. The fraction of sp³-hybridized carbons (Fsp3) is 0.842. The number of carbonyl (C=O) groups is 1. The summed E-state index contributed by atoms with van der Waals surface area (Å²) in [7, 11) is 1.73. The summed E-state index contributed by atoms with van der Waals surface area (Å²) in [6.45, 7) is 8.11. The number of nitrogens with zero attached hydrogens (tertiary/aromatic N) is 1. The van der Waals surface area contributed by atoms with Gasteiger partial charge in [0.15, 0.2) is 0 Å². The maximum atomic E-state index is 12.5. The van der Waals surface area contributed by atoms with Crippen LogP contribution in [0.2, 0.25) is 0 Å². The third kappa shape index (κ3) is 6.95. The molecule has 1 saturated carbocycles. The predicted molar refractivity (Wildman–Crippen MR) is 92.3 cm³/mol. The summed E-state index contributed by atoms with van der Waals surface area (Å²) in [6.07, 6.45) is 13.5. The van der Waals surface area contributed by atoms with E-state index in [0.717, 1.165) is 12.3 Å². The molecule has 1 aliphatic rings. The minimum Gasteiger partial charge on any atom is -0.272 e. The number of hydrogen-bond donors (Lipinski definition) is 0. The normalized spacial score (nSPS) is 18.3. The summed E-state index contributed by atoms with van der Waals surface area (Å²) in [5, 5.41) is 1.42.